The first-order chi connectivity index (χ1) is 9.56. The van der Waals surface area contributed by atoms with Crippen LogP contribution in [-0.4, -0.2) is 17.0 Å². The van der Waals surface area contributed by atoms with Crippen LogP contribution in [0.15, 0.2) is 35.2 Å². The Morgan fingerprint density at radius 1 is 1.50 bits per heavy atom. The van der Waals surface area contributed by atoms with E-state index in [0.717, 1.165) is 22.1 Å². The van der Waals surface area contributed by atoms with Gasteiger partial charge in [0.1, 0.15) is 0 Å². The average molecular weight is 291 g/mol. The Bertz CT molecular complexity index is 640. The van der Waals surface area contributed by atoms with Crippen molar-refractivity contribution in [2.24, 2.45) is 0 Å². The first-order valence-electron chi connectivity index (χ1n) is 5.87. The highest BCUT2D eigenvalue weighted by Gasteiger charge is 2.11. The van der Waals surface area contributed by atoms with Crippen LogP contribution in [0.25, 0.3) is 6.08 Å². The van der Waals surface area contributed by atoms with Gasteiger partial charge in [-0.15, -0.1) is 11.3 Å². The van der Waals surface area contributed by atoms with Gasteiger partial charge in [-0.1, -0.05) is 0 Å². The Morgan fingerprint density at radius 2 is 2.30 bits per heavy atom. The molecule has 6 heteroatoms. The Morgan fingerprint density at radius 3 is 2.95 bits per heavy atom. The van der Waals surface area contributed by atoms with Gasteiger partial charge in [0.25, 0.3) is 5.91 Å². The number of carbonyl (C=O) groups is 2. The number of carboxylic acid groups (broad SMARTS) is 1. The molecule has 0 spiro atoms. The molecule has 0 bridgehead atoms. The predicted molar refractivity (Wildman–Crippen MR) is 75.6 cm³/mol. The fourth-order valence-corrected chi connectivity index (χ4v) is 2.58. The molecule has 0 radical (unpaired) electrons. The topological polar surface area (TPSA) is 79.5 Å². The summed E-state index contributed by atoms with van der Waals surface area (Å²) in [5.74, 6) is -1.20. The number of furan rings is 1. The van der Waals surface area contributed by atoms with Crippen molar-refractivity contribution in [2.45, 2.75) is 13.5 Å². The summed E-state index contributed by atoms with van der Waals surface area (Å²) in [6.07, 6.45) is 5.67. The fraction of sp³-hybridized carbons (Fsp3) is 0.143. The lowest BCUT2D eigenvalue weighted by Crippen LogP contribution is -2.21. The minimum Gasteiger partial charge on any atom is -0.478 e. The first-order valence-corrected chi connectivity index (χ1v) is 6.68. The number of hydrogen-bond donors (Lipinski definition) is 2. The lowest BCUT2D eigenvalue weighted by Gasteiger charge is -2.00. The van der Waals surface area contributed by atoms with Crippen LogP contribution in [0, 0.1) is 6.92 Å². The molecule has 1 amide bonds. The molecule has 0 aliphatic carbocycles. The molecule has 5 nitrogen and oxygen atoms in total. The third-order valence-electron chi connectivity index (χ3n) is 2.59. The number of nitrogens with one attached hydrogen (secondary N) is 1. The van der Waals surface area contributed by atoms with E-state index >= 15 is 0 Å². The molecule has 2 heterocycles. The second-order valence-electron chi connectivity index (χ2n) is 4.14. The largest absolute Gasteiger partial charge is 0.478 e. The third kappa shape index (κ3) is 3.58. The van der Waals surface area contributed by atoms with E-state index in [4.69, 9.17) is 9.52 Å². The number of thiophene rings is 1. The molecule has 2 rings (SSSR count). The van der Waals surface area contributed by atoms with E-state index < -0.39 is 5.97 Å². The monoisotopic (exact) mass is 291 g/mol. The minimum absolute atomic E-state index is 0.186. The van der Waals surface area contributed by atoms with Crippen molar-refractivity contribution in [2.75, 3.05) is 0 Å². The van der Waals surface area contributed by atoms with E-state index in [2.05, 4.69) is 5.32 Å². The summed E-state index contributed by atoms with van der Waals surface area (Å²) in [5.41, 5.74) is 1.76. The van der Waals surface area contributed by atoms with Gasteiger partial charge in [-0.2, -0.15) is 0 Å². The summed E-state index contributed by atoms with van der Waals surface area (Å²) < 4.78 is 4.92. The van der Waals surface area contributed by atoms with E-state index in [9.17, 15) is 9.59 Å². The number of aliphatic carboxylic acids is 1. The van der Waals surface area contributed by atoms with Crippen molar-refractivity contribution in [1.82, 2.24) is 5.32 Å². The van der Waals surface area contributed by atoms with E-state index in [-0.39, 0.29) is 5.91 Å². The van der Waals surface area contributed by atoms with E-state index in [0.29, 0.717) is 11.4 Å². The minimum atomic E-state index is -1.01. The molecule has 0 aliphatic rings. The number of carboxylic acids is 1. The van der Waals surface area contributed by atoms with Crippen molar-refractivity contribution < 1.29 is 19.1 Å². The number of rotatable bonds is 5. The summed E-state index contributed by atoms with van der Waals surface area (Å²) in [5, 5.41) is 11.4. The first kappa shape index (κ1) is 14.1. The van der Waals surface area contributed by atoms with Crippen molar-refractivity contribution in [3.8, 4) is 0 Å². The molecule has 2 aromatic rings. The zero-order chi connectivity index (χ0) is 14.5. The quantitative estimate of drug-likeness (QED) is 0.830. The predicted octanol–water partition coefficient (Wildman–Crippen LogP) is 2.68. The maximum absolute atomic E-state index is 12.0. The molecule has 0 atom stereocenters. The maximum Gasteiger partial charge on any atom is 0.328 e. The van der Waals surface area contributed by atoms with Gasteiger partial charge in [0.2, 0.25) is 0 Å². The zero-order valence-corrected chi connectivity index (χ0v) is 11.6. The highest BCUT2D eigenvalue weighted by molar-refractivity contribution is 7.15. The molecule has 104 valence electrons. The van der Waals surface area contributed by atoms with Crippen LogP contribution in [0.2, 0.25) is 0 Å². The van der Waals surface area contributed by atoms with Crippen LogP contribution >= 0.6 is 11.3 Å². The lowest BCUT2D eigenvalue weighted by molar-refractivity contribution is -0.131. The number of hydrogen-bond acceptors (Lipinski definition) is 4. The van der Waals surface area contributed by atoms with Crippen LogP contribution in [0.5, 0.6) is 0 Å². The normalized spacial score (nSPS) is 10.8. The molecule has 0 fully saturated rings. The smallest absolute Gasteiger partial charge is 0.328 e. The van der Waals surface area contributed by atoms with Gasteiger partial charge in [0, 0.05) is 23.1 Å². The van der Waals surface area contributed by atoms with Gasteiger partial charge in [0.15, 0.2) is 0 Å². The van der Waals surface area contributed by atoms with E-state index in [1.165, 1.54) is 17.4 Å². The van der Waals surface area contributed by atoms with Gasteiger partial charge >= 0.3 is 5.97 Å². The molecular formula is C14H13NO4S. The van der Waals surface area contributed by atoms with Crippen molar-refractivity contribution in [1.29, 1.82) is 0 Å². The highest BCUT2D eigenvalue weighted by Crippen LogP contribution is 2.23. The zero-order valence-electron chi connectivity index (χ0n) is 10.8. The summed E-state index contributed by atoms with van der Waals surface area (Å²) >= 11 is 1.26. The van der Waals surface area contributed by atoms with Crippen LogP contribution < -0.4 is 5.32 Å². The molecule has 2 aromatic heterocycles. The van der Waals surface area contributed by atoms with Crippen molar-refractivity contribution in [3.63, 3.8) is 0 Å². The third-order valence-corrected chi connectivity index (χ3v) is 3.79. The number of carbonyl (C=O) groups excluding carboxylic acids is 1. The maximum atomic E-state index is 12.0. The van der Waals surface area contributed by atoms with Gasteiger partial charge in [-0.3, -0.25) is 4.79 Å². The van der Waals surface area contributed by atoms with Crippen molar-refractivity contribution in [3.05, 3.63) is 51.6 Å². The molecule has 0 unspecified atom stereocenters. The molecular weight excluding hydrogens is 278 g/mol. The molecule has 2 N–H and O–H groups in total. The lowest BCUT2D eigenvalue weighted by atomic mass is 10.2. The number of aryl methyl sites for hydroxylation is 1. The van der Waals surface area contributed by atoms with Gasteiger partial charge in [-0.25, -0.2) is 4.79 Å². The molecule has 0 aliphatic heterocycles. The van der Waals surface area contributed by atoms with Gasteiger partial charge in [0.05, 0.1) is 17.4 Å². The van der Waals surface area contributed by atoms with E-state index in [1.807, 2.05) is 6.92 Å². The van der Waals surface area contributed by atoms with E-state index in [1.54, 1.807) is 24.7 Å². The van der Waals surface area contributed by atoms with Gasteiger partial charge in [-0.05, 0) is 30.7 Å². The molecule has 0 saturated heterocycles. The molecule has 0 saturated carbocycles. The molecule has 20 heavy (non-hydrogen) atoms. The van der Waals surface area contributed by atoms with Crippen LogP contribution in [0.1, 0.15) is 25.7 Å². The Balaban J connectivity index is 2.03. The SMILES string of the molecule is Cc1cc(C(=O)NCc2ccoc2)sc1/C=C/C(=O)O. The summed E-state index contributed by atoms with van der Waals surface area (Å²) in [6, 6.07) is 3.53. The van der Waals surface area contributed by atoms with Crippen LogP contribution in [0.3, 0.4) is 0 Å². The highest BCUT2D eigenvalue weighted by atomic mass is 32.1. The van der Waals surface area contributed by atoms with Crippen LogP contribution in [-0.2, 0) is 11.3 Å². The fourth-order valence-electron chi connectivity index (χ4n) is 1.58. The second kappa shape index (κ2) is 6.21. The summed E-state index contributed by atoms with van der Waals surface area (Å²) in [7, 11) is 0. The Labute approximate surface area is 119 Å². The van der Waals surface area contributed by atoms with Crippen molar-refractivity contribution >= 4 is 29.3 Å². The van der Waals surface area contributed by atoms with Crippen LogP contribution in [0.4, 0.5) is 0 Å². The molecule has 0 aromatic carbocycles. The standard InChI is InChI=1S/C14H13NO4S/c1-9-6-12(20-11(9)2-3-13(16)17)14(18)15-7-10-4-5-19-8-10/h2-6,8H,7H2,1H3,(H,15,18)(H,16,17)/b3-2+. The average Bonchev–Trinajstić information content (AvgIpc) is 3.03. The van der Waals surface area contributed by atoms with Gasteiger partial charge < -0.3 is 14.8 Å². The summed E-state index contributed by atoms with van der Waals surface area (Å²) in [4.78, 5) is 23.8. The summed E-state index contributed by atoms with van der Waals surface area (Å²) in [6.45, 7) is 2.23. The second-order valence-corrected chi connectivity index (χ2v) is 5.23. The Hall–Kier alpha value is -2.34. The Kier molecular flexibility index (Phi) is 4.37. The number of amides is 1.